The van der Waals surface area contributed by atoms with E-state index >= 15 is 0 Å². The number of piperidine rings is 1. The molecule has 1 rings (SSSR count). The predicted molar refractivity (Wildman–Crippen MR) is 85.7 cm³/mol. The van der Waals surface area contributed by atoms with Crippen molar-refractivity contribution in [3.63, 3.8) is 0 Å². The first-order valence-electron chi connectivity index (χ1n) is 8.25. The fraction of sp³-hybridized carbons (Fsp3) is 1.00. The molecule has 0 spiro atoms. The van der Waals surface area contributed by atoms with E-state index in [0.29, 0.717) is 5.41 Å². The molecule has 0 amide bonds. The quantitative estimate of drug-likeness (QED) is 0.781. The third-order valence-electron chi connectivity index (χ3n) is 4.42. The first kappa shape index (κ1) is 17.0. The summed E-state index contributed by atoms with van der Waals surface area (Å²) in [6, 6.07) is 0.777. The molecule has 2 heteroatoms. The molecule has 19 heavy (non-hydrogen) atoms. The maximum atomic E-state index is 3.73. The van der Waals surface area contributed by atoms with Gasteiger partial charge in [0.05, 0.1) is 0 Å². The normalized spacial score (nSPS) is 25.3. The van der Waals surface area contributed by atoms with E-state index in [1.54, 1.807) is 0 Å². The van der Waals surface area contributed by atoms with Crippen LogP contribution in [0.4, 0.5) is 0 Å². The van der Waals surface area contributed by atoms with Gasteiger partial charge in [-0.1, -0.05) is 26.7 Å². The Balaban J connectivity index is 2.58. The second-order valence-corrected chi connectivity index (χ2v) is 7.98. The second-order valence-electron chi connectivity index (χ2n) is 7.98. The summed E-state index contributed by atoms with van der Waals surface area (Å²) in [7, 11) is 0. The topological polar surface area (TPSA) is 15.3 Å². The van der Waals surface area contributed by atoms with Gasteiger partial charge in [-0.05, 0) is 58.9 Å². The van der Waals surface area contributed by atoms with Crippen LogP contribution < -0.4 is 5.32 Å². The minimum absolute atomic E-state index is 0.225. The molecule has 1 aliphatic rings. The van der Waals surface area contributed by atoms with Crippen LogP contribution >= 0.6 is 0 Å². The Morgan fingerprint density at radius 3 is 2.37 bits per heavy atom. The Morgan fingerprint density at radius 1 is 1.16 bits per heavy atom. The summed E-state index contributed by atoms with van der Waals surface area (Å²) >= 11 is 0. The Bertz CT molecular complexity index is 256. The largest absolute Gasteiger partial charge is 0.311 e. The van der Waals surface area contributed by atoms with E-state index in [1.165, 1.54) is 45.2 Å². The molecule has 1 aliphatic heterocycles. The molecular formula is C17H36N2. The molecule has 2 nitrogen and oxygen atoms in total. The molecule has 0 bridgehead atoms. The highest BCUT2D eigenvalue weighted by Crippen LogP contribution is 2.28. The maximum Gasteiger partial charge on any atom is 0.00967 e. The summed E-state index contributed by atoms with van der Waals surface area (Å²) in [4.78, 5) is 2.73. The molecule has 1 N–H and O–H groups in total. The van der Waals surface area contributed by atoms with Crippen LogP contribution in [-0.4, -0.2) is 36.1 Å². The fourth-order valence-electron chi connectivity index (χ4n) is 3.19. The summed E-state index contributed by atoms with van der Waals surface area (Å²) in [6.07, 6.45) is 6.79. The lowest BCUT2D eigenvalue weighted by Gasteiger charge is -2.42. The van der Waals surface area contributed by atoms with Crippen LogP contribution in [0.15, 0.2) is 0 Å². The number of likely N-dealkylation sites (tertiary alicyclic amines) is 1. The van der Waals surface area contributed by atoms with Crippen LogP contribution in [0.25, 0.3) is 0 Å². The molecule has 114 valence electrons. The average molecular weight is 268 g/mol. The number of hydrogen-bond acceptors (Lipinski definition) is 2. The molecular weight excluding hydrogens is 232 g/mol. The van der Waals surface area contributed by atoms with E-state index < -0.39 is 0 Å². The molecule has 1 fully saturated rings. The standard InChI is InChI=1S/C17H36N2/c1-7-11-17(6,13-18-16(3,4)5)14-19-12-9-8-10-15(19)2/h15,18H,7-14H2,1-6H3. The molecule has 2 atom stereocenters. The van der Waals surface area contributed by atoms with Gasteiger partial charge in [0, 0.05) is 24.7 Å². The summed E-state index contributed by atoms with van der Waals surface area (Å²) < 4.78 is 0. The highest BCUT2D eigenvalue weighted by Gasteiger charge is 2.30. The Labute approximate surface area is 121 Å². The molecule has 0 aromatic carbocycles. The lowest BCUT2D eigenvalue weighted by Crippen LogP contribution is -2.50. The lowest BCUT2D eigenvalue weighted by molar-refractivity contribution is 0.0859. The van der Waals surface area contributed by atoms with Gasteiger partial charge in [0.1, 0.15) is 0 Å². The smallest absolute Gasteiger partial charge is 0.00967 e. The van der Waals surface area contributed by atoms with Crippen molar-refractivity contribution in [2.24, 2.45) is 5.41 Å². The second kappa shape index (κ2) is 7.08. The Hall–Kier alpha value is -0.0800. The SMILES string of the molecule is CCCC(C)(CNC(C)(C)C)CN1CCCCC1C. The van der Waals surface area contributed by atoms with E-state index in [0.717, 1.165) is 12.6 Å². The van der Waals surface area contributed by atoms with Gasteiger partial charge in [-0.3, -0.25) is 0 Å². The van der Waals surface area contributed by atoms with Crippen LogP contribution in [0.2, 0.25) is 0 Å². The number of rotatable bonds is 6. The molecule has 0 aliphatic carbocycles. The zero-order chi connectivity index (χ0) is 14.5. The molecule has 0 aromatic rings. The van der Waals surface area contributed by atoms with Gasteiger partial charge in [0.25, 0.3) is 0 Å². The minimum atomic E-state index is 0.225. The van der Waals surface area contributed by atoms with E-state index in [2.05, 4.69) is 51.8 Å². The number of hydrogen-bond donors (Lipinski definition) is 1. The summed E-state index contributed by atoms with van der Waals surface area (Å²) in [6.45, 7) is 17.7. The molecule has 0 radical (unpaired) electrons. The number of nitrogens with zero attached hydrogens (tertiary/aromatic N) is 1. The Kier molecular flexibility index (Phi) is 6.32. The van der Waals surface area contributed by atoms with E-state index in [1.807, 2.05) is 0 Å². The minimum Gasteiger partial charge on any atom is -0.311 e. The van der Waals surface area contributed by atoms with Gasteiger partial charge in [-0.2, -0.15) is 0 Å². The van der Waals surface area contributed by atoms with Gasteiger partial charge < -0.3 is 10.2 Å². The zero-order valence-corrected chi connectivity index (χ0v) is 14.2. The van der Waals surface area contributed by atoms with Crippen LogP contribution in [-0.2, 0) is 0 Å². The van der Waals surface area contributed by atoms with Gasteiger partial charge in [-0.15, -0.1) is 0 Å². The molecule has 0 aromatic heterocycles. The third kappa shape index (κ3) is 6.27. The van der Waals surface area contributed by atoms with Crippen molar-refractivity contribution in [1.82, 2.24) is 10.2 Å². The molecule has 1 heterocycles. The zero-order valence-electron chi connectivity index (χ0n) is 14.2. The van der Waals surface area contributed by atoms with Gasteiger partial charge >= 0.3 is 0 Å². The maximum absolute atomic E-state index is 3.73. The molecule has 1 saturated heterocycles. The predicted octanol–water partition coefficient (Wildman–Crippen LogP) is 4.06. The highest BCUT2D eigenvalue weighted by molar-refractivity contribution is 4.86. The number of nitrogens with one attached hydrogen (secondary N) is 1. The van der Waals surface area contributed by atoms with Crippen LogP contribution in [0, 0.1) is 5.41 Å². The summed E-state index contributed by atoms with van der Waals surface area (Å²) in [5.74, 6) is 0. The first-order chi connectivity index (χ1) is 8.76. The lowest BCUT2D eigenvalue weighted by atomic mass is 9.83. The van der Waals surface area contributed by atoms with Crippen molar-refractivity contribution in [2.45, 2.75) is 85.2 Å². The van der Waals surface area contributed by atoms with E-state index in [4.69, 9.17) is 0 Å². The highest BCUT2D eigenvalue weighted by atomic mass is 15.2. The molecule has 0 saturated carbocycles. The van der Waals surface area contributed by atoms with E-state index in [-0.39, 0.29) is 5.54 Å². The van der Waals surface area contributed by atoms with Crippen molar-refractivity contribution >= 4 is 0 Å². The fourth-order valence-corrected chi connectivity index (χ4v) is 3.19. The monoisotopic (exact) mass is 268 g/mol. The van der Waals surface area contributed by atoms with E-state index in [9.17, 15) is 0 Å². The van der Waals surface area contributed by atoms with Crippen molar-refractivity contribution in [1.29, 1.82) is 0 Å². The first-order valence-corrected chi connectivity index (χ1v) is 8.25. The Morgan fingerprint density at radius 2 is 1.84 bits per heavy atom. The summed E-state index contributed by atoms with van der Waals surface area (Å²) in [5.41, 5.74) is 0.635. The van der Waals surface area contributed by atoms with Crippen molar-refractivity contribution in [2.75, 3.05) is 19.6 Å². The van der Waals surface area contributed by atoms with Crippen LogP contribution in [0.5, 0.6) is 0 Å². The average Bonchev–Trinajstić information content (AvgIpc) is 2.29. The third-order valence-corrected chi connectivity index (χ3v) is 4.42. The van der Waals surface area contributed by atoms with Crippen molar-refractivity contribution in [3.05, 3.63) is 0 Å². The van der Waals surface area contributed by atoms with Gasteiger partial charge in [0.2, 0.25) is 0 Å². The summed E-state index contributed by atoms with van der Waals surface area (Å²) in [5, 5.41) is 3.73. The molecule has 2 unspecified atom stereocenters. The van der Waals surface area contributed by atoms with Crippen LogP contribution in [0.3, 0.4) is 0 Å². The van der Waals surface area contributed by atoms with Crippen LogP contribution in [0.1, 0.15) is 73.6 Å². The van der Waals surface area contributed by atoms with Crippen molar-refractivity contribution in [3.8, 4) is 0 Å². The van der Waals surface area contributed by atoms with Crippen molar-refractivity contribution < 1.29 is 0 Å². The van der Waals surface area contributed by atoms with Gasteiger partial charge in [-0.25, -0.2) is 0 Å². The van der Waals surface area contributed by atoms with Gasteiger partial charge in [0.15, 0.2) is 0 Å².